The van der Waals surface area contributed by atoms with Crippen LogP contribution in [0.25, 0.3) is 5.76 Å². The van der Waals surface area contributed by atoms with Gasteiger partial charge in [0.05, 0.1) is 5.41 Å². The van der Waals surface area contributed by atoms with Crippen LogP contribution in [-0.2, 0) is 10.2 Å². The van der Waals surface area contributed by atoms with Gasteiger partial charge in [-0.15, -0.1) is 0 Å². The number of aliphatic hydroxyl groups is 1. The van der Waals surface area contributed by atoms with Crippen LogP contribution in [0.2, 0.25) is 0 Å². The van der Waals surface area contributed by atoms with E-state index in [0.29, 0.717) is 5.92 Å². The maximum absolute atomic E-state index is 12.2. The molecule has 0 radical (unpaired) electrons. The summed E-state index contributed by atoms with van der Waals surface area (Å²) in [5.41, 5.74) is 1.36. The van der Waals surface area contributed by atoms with Crippen LogP contribution in [0.5, 0.6) is 0 Å². The molecule has 1 N–H and O–H groups in total. The molecule has 0 aliphatic heterocycles. The standard InChI is InChI=1S/C15H16O2/c1-15(9-10-6-7-10)12-5-3-2-4-11(12)13(16)8-14(15)17/h2-5,8,10,16H,6-7,9H2,1H3. The normalized spacial score (nSPS) is 27.6. The third-order valence-electron chi connectivity index (χ3n) is 4.00. The predicted octanol–water partition coefficient (Wildman–Crippen LogP) is 3.23. The molecule has 0 amide bonds. The van der Waals surface area contributed by atoms with Gasteiger partial charge >= 0.3 is 0 Å². The Bertz CT molecular complexity index is 511. The minimum absolute atomic E-state index is 0.0422. The molecule has 2 aliphatic carbocycles. The highest BCUT2D eigenvalue weighted by Crippen LogP contribution is 2.46. The number of carbonyl (C=O) groups excluding carboxylic acids is 1. The summed E-state index contributed by atoms with van der Waals surface area (Å²) in [6.07, 6.45) is 4.78. The van der Waals surface area contributed by atoms with Gasteiger partial charge in [0.1, 0.15) is 5.76 Å². The Morgan fingerprint density at radius 3 is 2.76 bits per heavy atom. The van der Waals surface area contributed by atoms with Crippen molar-refractivity contribution in [2.75, 3.05) is 0 Å². The van der Waals surface area contributed by atoms with Gasteiger partial charge in [0.25, 0.3) is 0 Å². The molecule has 0 spiro atoms. The zero-order valence-corrected chi connectivity index (χ0v) is 9.94. The molecule has 0 heterocycles. The molecule has 0 saturated heterocycles. The Hall–Kier alpha value is -1.57. The summed E-state index contributed by atoms with van der Waals surface area (Å²) >= 11 is 0. The zero-order valence-electron chi connectivity index (χ0n) is 9.94. The SMILES string of the molecule is CC1(CC2CC2)C(=O)C=C(O)c2ccccc21. The van der Waals surface area contributed by atoms with E-state index in [0.717, 1.165) is 17.5 Å². The van der Waals surface area contributed by atoms with Gasteiger partial charge in [-0.1, -0.05) is 37.1 Å². The fourth-order valence-electron chi connectivity index (χ4n) is 2.79. The van der Waals surface area contributed by atoms with E-state index in [9.17, 15) is 9.90 Å². The number of benzene rings is 1. The molecule has 17 heavy (non-hydrogen) atoms. The summed E-state index contributed by atoms with van der Waals surface area (Å²) < 4.78 is 0. The number of allylic oxidation sites excluding steroid dienone is 1. The number of ketones is 1. The molecule has 1 unspecified atom stereocenters. The topological polar surface area (TPSA) is 37.3 Å². The molecule has 1 saturated carbocycles. The number of rotatable bonds is 2. The van der Waals surface area contributed by atoms with Crippen molar-refractivity contribution in [2.45, 2.75) is 31.6 Å². The first-order chi connectivity index (χ1) is 8.11. The first-order valence-corrected chi connectivity index (χ1v) is 6.16. The highest BCUT2D eigenvalue weighted by molar-refractivity contribution is 6.06. The molecule has 2 aliphatic rings. The van der Waals surface area contributed by atoms with E-state index in [1.165, 1.54) is 18.9 Å². The first kappa shape index (κ1) is 10.6. The lowest BCUT2D eigenvalue weighted by atomic mass is 9.69. The Morgan fingerprint density at radius 1 is 1.35 bits per heavy atom. The van der Waals surface area contributed by atoms with Crippen molar-refractivity contribution in [3.63, 3.8) is 0 Å². The van der Waals surface area contributed by atoms with Crippen LogP contribution in [0.3, 0.4) is 0 Å². The van der Waals surface area contributed by atoms with Crippen molar-refractivity contribution in [3.8, 4) is 0 Å². The van der Waals surface area contributed by atoms with Crippen LogP contribution in [0.4, 0.5) is 0 Å². The van der Waals surface area contributed by atoms with Crippen LogP contribution in [0, 0.1) is 5.92 Å². The number of fused-ring (bicyclic) bond motifs is 1. The molecular formula is C15H16O2. The molecule has 2 heteroatoms. The van der Waals surface area contributed by atoms with E-state index in [2.05, 4.69) is 0 Å². The summed E-state index contributed by atoms with van der Waals surface area (Å²) in [7, 11) is 0. The monoisotopic (exact) mass is 228 g/mol. The summed E-state index contributed by atoms with van der Waals surface area (Å²) in [6.45, 7) is 2.01. The summed E-state index contributed by atoms with van der Waals surface area (Å²) in [6, 6.07) is 7.70. The second-order valence-corrected chi connectivity index (χ2v) is 5.42. The zero-order chi connectivity index (χ0) is 12.0. The number of hydrogen-bond acceptors (Lipinski definition) is 2. The quantitative estimate of drug-likeness (QED) is 0.843. The van der Waals surface area contributed by atoms with E-state index >= 15 is 0 Å². The van der Waals surface area contributed by atoms with Crippen LogP contribution in [0.1, 0.15) is 37.3 Å². The third kappa shape index (κ3) is 1.59. The van der Waals surface area contributed by atoms with Gasteiger partial charge in [0.2, 0.25) is 0 Å². The first-order valence-electron chi connectivity index (χ1n) is 6.16. The molecule has 1 atom stereocenters. The highest BCUT2D eigenvalue weighted by atomic mass is 16.3. The van der Waals surface area contributed by atoms with E-state index in [-0.39, 0.29) is 11.5 Å². The average Bonchev–Trinajstić information content (AvgIpc) is 3.11. The molecular weight excluding hydrogens is 212 g/mol. The Morgan fingerprint density at radius 2 is 2.06 bits per heavy atom. The number of hydrogen-bond donors (Lipinski definition) is 1. The summed E-state index contributed by atoms with van der Waals surface area (Å²) in [5, 5.41) is 9.85. The van der Waals surface area contributed by atoms with Gasteiger partial charge in [-0.2, -0.15) is 0 Å². The Kier molecular flexibility index (Phi) is 2.15. The van der Waals surface area contributed by atoms with Crippen LogP contribution in [-0.4, -0.2) is 10.9 Å². The van der Waals surface area contributed by atoms with Gasteiger partial charge < -0.3 is 5.11 Å². The van der Waals surface area contributed by atoms with Gasteiger partial charge in [0, 0.05) is 11.6 Å². The van der Waals surface area contributed by atoms with Gasteiger partial charge in [0.15, 0.2) is 5.78 Å². The maximum atomic E-state index is 12.2. The highest BCUT2D eigenvalue weighted by Gasteiger charge is 2.43. The Balaban J connectivity index is 2.12. The summed E-state index contributed by atoms with van der Waals surface area (Å²) in [4.78, 5) is 12.2. The third-order valence-corrected chi connectivity index (χ3v) is 4.00. The van der Waals surface area contributed by atoms with Crippen molar-refractivity contribution in [3.05, 3.63) is 41.5 Å². The van der Waals surface area contributed by atoms with Crippen molar-refractivity contribution >= 4 is 11.5 Å². The fraction of sp³-hybridized carbons (Fsp3) is 0.400. The van der Waals surface area contributed by atoms with Gasteiger partial charge in [-0.05, 0) is 24.8 Å². The van der Waals surface area contributed by atoms with Crippen molar-refractivity contribution < 1.29 is 9.90 Å². The average molecular weight is 228 g/mol. The minimum Gasteiger partial charge on any atom is -0.507 e. The molecule has 0 aromatic heterocycles. The second kappa shape index (κ2) is 3.46. The van der Waals surface area contributed by atoms with Crippen molar-refractivity contribution in [1.82, 2.24) is 0 Å². The van der Waals surface area contributed by atoms with E-state index in [1.54, 1.807) is 0 Å². The predicted molar refractivity (Wildman–Crippen MR) is 66.7 cm³/mol. The lowest BCUT2D eigenvalue weighted by Gasteiger charge is -2.32. The van der Waals surface area contributed by atoms with Crippen LogP contribution >= 0.6 is 0 Å². The molecule has 3 rings (SSSR count). The molecule has 1 aromatic carbocycles. The minimum atomic E-state index is -0.440. The number of aliphatic hydroxyl groups excluding tert-OH is 1. The van der Waals surface area contributed by atoms with Crippen molar-refractivity contribution in [2.24, 2.45) is 5.92 Å². The van der Waals surface area contributed by atoms with Gasteiger partial charge in [-0.25, -0.2) is 0 Å². The number of carbonyl (C=O) groups is 1. The molecule has 2 nitrogen and oxygen atoms in total. The molecule has 0 bridgehead atoms. The lowest BCUT2D eigenvalue weighted by molar-refractivity contribution is -0.119. The van der Waals surface area contributed by atoms with Crippen LogP contribution in [0.15, 0.2) is 30.3 Å². The van der Waals surface area contributed by atoms with E-state index in [1.807, 2.05) is 31.2 Å². The smallest absolute Gasteiger partial charge is 0.169 e. The molecule has 1 fully saturated rings. The molecule has 1 aromatic rings. The summed E-state index contributed by atoms with van der Waals surface area (Å²) in [5.74, 6) is 0.838. The van der Waals surface area contributed by atoms with Gasteiger partial charge in [-0.3, -0.25) is 4.79 Å². The Labute approximate surface area is 101 Å². The maximum Gasteiger partial charge on any atom is 0.169 e. The van der Waals surface area contributed by atoms with E-state index < -0.39 is 5.41 Å². The van der Waals surface area contributed by atoms with Crippen LogP contribution < -0.4 is 0 Å². The molecule has 88 valence electrons. The van der Waals surface area contributed by atoms with Crippen molar-refractivity contribution in [1.29, 1.82) is 0 Å². The van der Waals surface area contributed by atoms with E-state index in [4.69, 9.17) is 0 Å². The fourth-order valence-corrected chi connectivity index (χ4v) is 2.79. The lowest BCUT2D eigenvalue weighted by Crippen LogP contribution is -2.35. The second-order valence-electron chi connectivity index (χ2n) is 5.42. The largest absolute Gasteiger partial charge is 0.507 e.